The van der Waals surface area contributed by atoms with Crippen LogP contribution in [0.4, 0.5) is 0 Å². The molecule has 1 fully saturated rings. The van der Waals surface area contributed by atoms with Gasteiger partial charge in [-0.25, -0.2) is 0 Å². The van der Waals surface area contributed by atoms with Crippen molar-refractivity contribution in [2.45, 2.75) is 58.0 Å². The molecule has 0 unspecified atom stereocenters. The van der Waals surface area contributed by atoms with Gasteiger partial charge in [-0.2, -0.15) is 0 Å². The van der Waals surface area contributed by atoms with E-state index in [4.69, 9.17) is 24.8 Å². The molecule has 1 aliphatic rings. The molecule has 1 rings (SSSR count). The van der Waals surface area contributed by atoms with Gasteiger partial charge in [-0.15, -0.1) is 0 Å². The first-order valence-corrected chi connectivity index (χ1v) is 6.16. The lowest BCUT2D eigenvalue weighted by Gasteiger charge is -2.16. The molecule has 0 aromatic rings. The minimum absolute atomic E-state index is 0.0677. The standard InChI is InChI=1S/C8H16O2.C4H10O3/c1-4-5-7-6-9-8(2,3)10-7;5-2-1-4(7)3-6/h7H,4-6H2,1-3H3;4-7H,1-3H2/t7-;4-/m00/s1. The van der Waals surface area contributed by atoms with Crippen LogP contribution in [0.25, 0.3) is 0 Å². The second-order valence-corrected chi connectivity index (χ2v) is 4.59. The van der Waals surface area contributed by atoms with E-state index < -0.39 is 6.10 Å². The average Bonchev–Trinajstić information content (AvgIpc) is 2.60. The van der Waals surface area contributed by atoms with Crippen LogP contribution in [0.1, 0.15) is 40.0 Å². The highest BCUT2D eigenvalue weighted by Gasteiger charge is 2.31. The van der Waals surface area contributed by atoms with Gasteiger partial charge in [-0.05, 0) is 26.7 Å². The fourth-order valence-electron chi connectivity index (χ4n) is 1.47. The lowest BCUT2D eigenvalue weighted by molar-refractivity contribution is -0.138. The molecular formula is C12H26O5. The van der Waals surface area contributed by atoms with Crippen LogP contribution in [0, 0.1) is 0 Å². The summed E-state index contributed by atoms with van der Waals surface area (Å²) in [4.78, 5) is 0. The minimum atomic E-state index is -0.745. The van der Waals surface area contributed by atoms with Gasteiger partial charge in [0, 0.05) is 6.61 Å². The summed E-state index contributed by atoms with van der Waals surface area (Å²) < 4.78 is 11.0. The third kappa shape index (κ3) is 8.51. The Morgan fingerprint density at radius 1 is 1.35 bits per heavy atom. The van der Waals surface area contributed by atoms with Crippen LogP contribution in [0.15, 0.2) is 0 Å². The zero-order valence-corrected chi connectivity index (χ0v) is 11.1. The first-order valence-electron chi connectivity index (χ1n) is 6.16. The molecule has 2 atom stereocenters. The molecule has 0 spiro atoms. The van der Waals surface area contributed by atoms with Gasteiger partial charge in [0.05, 0.1) is 25.4 Å². The zero-order chi connectivity index (χ0) is 13.3. The van der Waals surface area contributed by atoms with Gasteiger partial charge in [0.1, 0.15) is 0 Å². The molecule has 5 heteroatoms. The molecule has 1 aliphatic heterocycles. The highest BCUT2D eigenvalue weighted by Crippen LogP contribution is 2.24. The highest BCUT2D eigenvalue weighted by atomic mass is 16.7. The first kappa shape index (κ1) is 16.8. The molecule has 3 N–H and O–H groups in total. The molecule has 0 saturated carbocycles. The van der Waals surface area contributed by atoms with E-state index >= 15 is 0 Å². The van der Waals surface area contributed by atoms with Crippen LogP contribution >= 0.6 is 0 Å². The maximum atomic E-state index is 8.45. The zero-order valence-electron chi connectivity index (χ0n) is 11.1. The topological polar surface area (TPSA) is 79.2 Å². The summed E-state index contributed by atoms with van der Waals surface area (Å²) in [7, 11) is 0. The van der Waals surface area contributed by atoms with E-state index in [-0.39, 0.29) is 25.4 Å². The van der Waals surface area contributed by atoms with Gasteiger partial charge in [0.25, 0.3) is 0 Å². The summed E-state index contributed by atoms with van der Waals surface area (Å²) in [5, 5.41) is 24.6. The molecule has 0 aromatic carbocycles. The first-order chi connectivity index (χ1) is 7.95. The molecule has 1 heterocycles. The molecular weight excluding hydrogens is 224 g/mol. The van der Waals surface area contributed by atoms with E-state index in [0.717, 1.165) is 13.0 Å². The van der Waals surface area contributed by atoms with Gasteiger partial charge in [0.15, 0.2) is 5.79 Å². The number of ether oxygens (including phenoxy) is 2. The van der Waals surface area contributed by atoms with Gasteiger partial charge in [-0.3, -0.25) is 0 Å². The van der Waals surface area contributed by atoms with Crippen LogP contribution in [-0.2, 0) is 9.47 Å². The predicted octanol–water partition coefficient (Wildman–Crippen LogP) is 0.660. The van der Waals surface area contributed by atoms with Crippen molar-refractivity contribution in [1.82, 2.24) is 0 Å². The molecule has 17 heavy (non-hydrogen) atoms. The van der Waals surface area contributed by atoms with Gasteiger partial charge in [0.2, 0.25) is 0 Å². The number of rotatable bonds is 5. The van der Waals surface area contributed by atoms with Gasteiger partial charge < -0.3 is 24.8 Å². The Kier molecular flexibility index (Phi) is 8.72. The summed E-state index contributed by atoms with van der Waals surface area (Å²) in [6.45, 7) is 6.52. The van der Waals surface area contributed by atoms with E-state index in [1.807, 2.05) is 13.8 Å². The molecule has 0 radical (unpaired) electrons. The van der Waals surface area contributed by atoms with E-state index in [9.17, 15) is 0 Å². The SMILES string of the molecule is CCC[C@H]1COC(C)(C)O1.OCC[C@H](O)CO. The largest absolute Gasteiger partial charge is 0.396 e. The fraction of sp³-hybridized carbons (Fsp3) is 1.00. The van der Waals surface area contributed by atoms with Crippen molar-refractivity contribution in [3.05, 3.63) is 0 Å². The van der Waals surface area contributed by atoms with E-state index in [0.29, 0.717) is 6.10 Å². The lowest BCUT2D eigenvalue weighted by atomic mass is 10.2. The maximum absolute atomic E-state index is 8.45. The smallest absolute Gasteiger partial charge is 0.163 e. The number of aliphatic hydroxyl groups is 3. The summed E-state index contributed by atoms with van der Waals surface area (Å²) in [5.41, 5.74) is 0. The monoisotopic (exact) mass is 250 g/mol. The van der Waals surface area contributed by atoms with E-state index in [2.05, 4.69) is 6.92 Å². The minimum Gasteiger partial charge on any atom is -0.396 e. The van der Waals surface area contributed by atoms with Crippen LogP contribution < -0.4 is 0 Å². The summed E-state index contributed by atoms with van der Waals surface area (Å²) in [6.07, 6.45) is 2.13. The van der Waals surface area contributed by atoms with Crippen molar-refractivity contribution in [1.29, 1.82) is 0 Å². The summed E-state index contributed by atoms with van der Waals surface area (Å²) in [5.74, 6) is -0.333. The number of hydrogen-bond donors (Lipinski definition) is 3. The Hall–Kier alpha value is -0.200. The molecule has 1 saturated heterocycles. The van der Waals surface area contributed by atoms with Crippen LogP contribution in [0.3, 0.4) is 0 Å². The molecule has 0 aromatic heterocycles. The summed E-state index contributed by atoms with van der Waals surface area (Å²) in [6, 6.07) is 0. The van der Waals surface area contributed by atoms with Crippen LogP contribution in [0.5, 0.6) is 0 Å². The van der Waals surface area contributed by atoms with Crippen LogP contribution in [-0.4, -0.2) is 53.1 Å². The Morgan fingerprint density at radius 3 is 2.29 bits per heavy atom. The Labute approximate surface area is 103 Å². The van der Waals surface area contributed by atoms with Crippen molar-refractivity contribution in [2.24, 2.45) is 0 Å². The third-order valence-corrected chi connectivity index (χ3v) is 2.35. The fourth-order valence-corrected chi connectivity index (χ4v) is 1.47. The second-order valence-electron chi connectivity index (χ2n) is 4.59. The predicted molar refractivity (Wildman–Crippen MR) is 64.6 cm³/mol. The molecule has 104 valence electrons. The van der Waals surface area contributed by atoms with Crippen LogP contribution in [0.2, 0.25) is 0 Å². The van der Waals surface area contributed by atoms with Crippen molar-refractivity contribution >= 4 is 0 Å². The molecule has 0 aliphatic carbocycles. The highest BCUT2D eigenvalue weighted by molar-refractivity contribution is 4.69. The quantitative estimate of drug-likeness (QED) is 0.668. The second kappa shape index (κ2) is 8.83. The lowest BCUT2D eigenvalue weighted by Crippen LogP contribution is -2.21. The number of hydrogen-bond acceptors (Lipinski definition) is 5. The Bertz CT molecular complexity index is 184. The van der Waals surface area contributed by atoms with Crippen molar-refractivity contribution < 1.29 is 24.8 Å². The molecule has 5 nitrogen and oxygen atoms in total. The molecule has 0 amide bonds. The van der Waals surface area contributed by atoms with Crippen molar-refractivity contribution in [3.63, 3.8) is 0 Å². The Morgan fingerprint density at radius 2 is 2.00 bits per heavy atom. The molecule has 0 bridgehead atoms. The van der Waals surface area contributed by atoms with Crippen molar-refractivity contribution in [3.8, 4) is 0 Å². The van der Waals surface area contributed by atoms with Gasteiger partial charge in [-0.1, -0.05) is 13.3 Å². The normalized spacial score (nSPS) is 24.0. The third-order valence-electron chi connectivity index (χ3n) is 2.35. The van der Waals surface area contributed by atoms with Gasteiger partial charge >= 0.3 is 0 Å². The maximum Gasteiger partial charge on any atom is 0.163 e. The van der Waals surface area contributed by atoms with E-state index in [1.165, 1.54) is 6.42 Å². The average molecular weight is 250 g/mol. The van der Waals surface area contributed by atoms with E-state index in [1.54, 1.807) is 0 Å². The van der Waals surface area contributed by atoms with Crippen molar-refractivity contribution in [2.75, 3.05) is 19.8 Å². The summed E-state index contributed by atoms with van der Waals surface area (Å²) >= 11 is 0. The Balaban J connectivity index is 0.000000325. The number of aliphatic hydroxyl groups excluding tert-OH is 3.